The van der Waals surface area contributed by atoms with E-state index in [2.05, 4.69) is 30.2 Å². The summed E-state index contributed by atoms with van der Waals surface area (Å²) in [5, 5.41) is 2.99. The van der Waals surface area contributed by atoms with Crippen LogP contribution in [0.3, 0.4) is 0 Å². The summed E-state index contributed by atoms with van der Waals surface area (Å²) < 4.78 is 21.8. The second-order valence-corrected chi connectivity index (χ2v) is 9.31. The molecule has 6 rings (SSSR count). The Morgan fingerprint density at radius 3 is 2.88 bits per heavy atom. The zero-order valence-corrected chi connectivity index (χ0v) is 19.0. The van der Waals surface area contributed by atoms with Gasteiger partial charge in [-0.3, -0.25) is 4.79 Å². The molecule has 0 spiro atoms. The largest absolute Gasteiger partial charge is 0.417 e. The maximum absolute atomic E-state index is 15.9. The Morgan fingerprint density at radius 2 is 2.03 bits per heavy atom. The van der Waals surface area contributed by atoms with Crippen molar-refractivity contribution in [3.05, 3.63) is 50.9 Å². The molecule has 1 amide bonds. The van der Waals surface area contributed by atoms with Crippen molar-refractivity contribution in [2.75, 3.05) is 20.1 Å². The van der Waals surface area contributed by atoms with Crippen LogP contribution < -0.4 is 10.1 Å². The van der Waals surface area contributed by atoms with E-state index in [1.807, 2.05) is 14.0 Å². The fourth-order valence-corrected chi connectivity index (χ4v) is 5.23. The van der Waals surface area contributed by atoms with E-state index in [4.69, 9.17) is 16.3 Å². The molecule has 2 N–H and O–H groups in total. The van der Waals surface area contributed by atoms with Gasteiger partial charge >= 0.3 is 0 Å². The van der Waals surface area contributed by atoms with Crippen molar-refractivity contribution in [3.8, 4) is 23.0 Å². The average Bonchev–Trinajstić information content (AvgIpc) is 3.19. The lowest BCUT2D eigenvalue weighted by atomic mass is 9.87. The third-order valence-electron chi connectivity index (χ3n) is 6.76. The first-order valence-corrected chi connectivity index (χ1v) is 11.4. The van der Waals surface area contributed by atoms with Gasteiger partial charge in [-0.25, -0.2) is 14.4 Å². The highest BCUT2D eigenvalue weighted by molar-refractivity contribution is 6.28. The fraction of sp³-hybridized carbons (Fsp3) is 0.391. The van der Waals surface area contributed by atoms with Crippen molar-refractivity contribution < 1.29 is 13.9 Å². The van der Waals surface area contributed by atoms with Crippen molar-refractivity contribution in [2.45, 2.75) is 38.6 Å². The first kappa shape index (κ1) is 20.6. The summed E-state index contributed by atoms with van der Waals surface area (Å²) in [6.45, 7) is 4.02. The van der Waals surface area contributed by atoms with Crippen LogP contribution in [0, 0.1) is 5.82 Å². The predicted molar refractivity (Wildman–Crippen MR) is 119 cm³/mol. The van der Waals surface area contributed by atoms with E-state index in [1.54, 1.807) is 6.20 Å². The van der Waals surface area contributed by atoms with Crippen LogP contribution in [0.15, 0.2) is 6.20 Å². The van der Waals surface area contributed by atoms with Gasteiger partial charge in [0.1, 0.15) is 0 Å². The number of pyridine rings is 1. The number of aromatic amines is 1. The number of likely N-dealkylation sites (N-methyl/N-ethyl adjacent to an activating group) is 1. The van der Waals surface area contributed by atoms with Gasteiger partial charge < -0.3 is 19.9 Å². The molecular weight excluding hydrogens is 447 g/mol. The molecule has 10 heteroatoms. The SMILES string of the molecule is CC1CNC(=O)c2c1[nH]c1c2CCc2cnc(Oc3nc(Cl)nc4c3CN(C)CC4)c(F)c2-1. The molecule has 1 unspecified atom stereocenters. The van der Waals surface area contributed by atoms with E-state index >= 15 is 4.39 Å². The summed E-state index contributed by atoms with van der Waals surface area (Å²) in [4.78, 5) is 30.8. The Morgan fingerprint density at radius 1 is 1.18 bits per heavy atom. The molecule has 3 aromatic heterocycles. The number of nitrogens with zero attached hydrogens (tertiary/aromatic N) is 4. The van der Waals surface area contributed by atoms with Crippen LogP contribution in [0.1, 0.15) is 51.3 Å². The maximum atomic E-state index is 15.9. The number of H-pyrrole nitrogens is 1. The molecule has 1 aliphatic carbocycles. The molecule has 5 heterocycles. The molecule has 170 valence electrons. The molecule has 0 saturated carbocycles. The molecule has 0 fully saturated rings. The number of hydrogen-bond acceptors (Lipinski definition) is 6. The first-order valence-electron chi connectivity index (χ1n) is 11.0. The molecule has 33 heavy (non-hydrogen) atoms. The van der Waals surface area contributed by atoms with Gasteiger partial charge in [-0.2, -0.15) is 4.98 Å². The summed E-state index contributed by atoms with van der Waals surface area (Å²) in [6.07, 6.45) is 3.60. The van der Waals surface area contributed by atoms with E-state index in [-0.39, 0.29) is 28.9 Å². The summed E-state index contributed by atoms with van der Waals surface area (Å²) in [5.74, 6) is -0.511. The number of aromatic nitrogens is 4. The summed E-state index contributed by atoms with van der Waals surface area (Å²) in [7, 11) is 1.99. The molecule has 0 bridgehead atoms. The van der Waals surface area contributed by atoms with Gasteiger partial charge in [-0.1, -0.05) is 6.92 Å². The number of carbonyl (C=O) groups excluding carboxylic acids is 1. The highest BCUT2D eigenvalue weighted by Gasteiger charge is 2.35. The summed E-state index contributed by atoms with van der Waals surface area (Å²) in [6, 6.07) is 0. The highest BCUT2D eigenvalue weighted by atomic mass is 35.5. The minimum Gasteiger partial charge on any atom is -0.417 e. The standard InChI is InChI=1S/C23H22ClFN6O2/c1-10-7-26-20(32)16-12-4-3-11-8-27-22(17(25)15(11)19(12)29-18(10)16)33-21-13-9-31(2)6-5-14(13)28-23(24)30-21/h8,10,29H,3-7,9H2,1-2H3,(H,26,32). The quantitative estimate of drug-likeness (QED) is 0.560. The number of aryl methyl sites for hydroxylation is 1. The van der Waals surface area contributed by atoms with Crippen molar-refractivity contribution in [3.63, 3.8) is 0 Å². The molecule has 8 nitrogen and oxygen atoms in total. The van der Waals surface area contributed by atoms with Crippen molar-refractivity contribution in [2.24, 2.45) is 0 Å². The number of halogens is 2. The Kier molecular flexibility index (Phi) is 4.67. The third kappa shape index (κ3) is 3.21. The molecule has 3 aliphatic rings. The zero-order valence-electron chi connectivity index (χ0n) is 18.3. The Bertz CT molecular complexity index is 1320. The Balaban J connectivity index is 1.46. The smallest absolute Gasteiger partial charge is 0.258 e. The van der Waals surface area contributed by atoms with Crippen molar-refractivity contribution in [1.82, 2.24) is 30.2 Å². The number of amides is 1. The highest BCUT2D eigenvalue weighted by Crippen LogP contribution is 2.42. The Labute approximate surface area is 194 Å². The number of ether oxygens (including phenoxy) is 1. The number of hydrogen-bond donors (Lipinski definition) is 2. The Hall–Kier alpha value is -3.04. The van der Waals surface area contributed by atoms with E-state index < -0.39 is 5.82 Å². The van der Waals surface area contributed by atoms with Crippen LogP contribution in [0.25, 0.3) is 11.3 Å². The maximum Gasteiger partial charge on any atom is 0.258 e. The molecule has 0 saturated heterocycles. The second-order valence-electron chi connectivity index (χ2n) is 8.97. The number of rotatable bonds is 2. The molecule has 2 aliphatic heterocycles. The number of carbonyl (C=O) groups is 1. The summed E-state index contributed by atoms with van der Waals surface area (Å²) in [5.41, 5.74) is 5.76. The minimum atomic E-state index is -0.576. The van der Waals surface area contributed by atoms with Crippen LogP contribution >= 0.6 is 11.6 Å². The average molecular weight is 469 g/mol. The number of fused-ring (bicyclic) bond motifs is 6. The number of nitrogens with one attached hydrogen (secondary N) is 2. The normalized spacial score (nSPS) is 19.3. The topological polar surface area (TPSA) is 96.0 Å². The van der Waals surface area contributed by atoms with Crippen molar-refractivity contribution in [1.29, 1.82) is 0 Å². The van der Waals surface area contributed by atoms with Gasteiger partial charge in [0, 0.05) is 49.4 Å². The lowest BCUT2D eigenvalue weighted by Crippen LogP contribution is -2.34. The van der Waals surface area contributed by atoms with E-state index in [9.17, 15) is 4.79 Å². The zero-order chi connectivity index (χ0) is 22.9. The molecule has 1 atom stereocenters. The van der Waals surface area contributed by atoms with E-state index in [0.29, 0.717) is 49.2 Å². The van der Waals surface area contributed by atoms with Gasteiger partial charge in [-0.05, 0) is 42.6 Å². The summed E-state index contributed by atoms with van der Waals surface area (Å²) >= 11 is 6.12. The van der Waals surface area contributed by atoms with Gasteiger partial charge in [0.05, 0.1) is 22.5 Å². The van der Waals surface area contributed by atoms with Crippen LogP contribution in [0.4, 0.5) is 4.39 Å². The minimum absolute atomic E-state index is 0.0611. The van der Waals surface area contributed by atoms with E-state index in [1.165, 1.54) is 0 Å². The van der Waals surface area contributed by atoms with Crippen molar-refractivity contribution >= 4 is 17.5 Å². The van der Waals surface area contributed by atoms with Crippen LogP contribution in [0.5, 0.6) is 11.8 Å². The molecule has 0 radical (unpaired) electrons. The van der Waals surface area contributed by atoms with Gasteiger partial charge in [0.15, 0.2) is 5.82 Å². The van der Waals surface area contributed by atoms with Crippen LogP contribution in [-0.4, -0.2) is 50.9 Å². The first-order chi connectivity index (χ1) is 15.9. The van der Waals surface area contributed by atoms with E-state index in [0.717, 1.165) is 34.6 Å². The van der Waals surface area contributed by atoms with Gasteiger partial charge in [0.2, 0.25) is 11.2 Å². The lowest BCUT2D eigenvalue weighted by Gasteiger charge is -2.25. The molecule has 3 aromatic rings. The van der Waals surface area contributed by atoms with Gasteiger partial charge in [-0.15, -0.1) is 0 Å². The van der Waals surface area contributed by atoms with Crippen LogP contribution in [0.2, 0.25) is 5.28 Å². The predicted octanol–water partition coefficient (Wildman–Crippen LogP) is 3.38. The molecular formula is C23H22ClFN6O2. The lowest BCUT2D eigenvalue weighted by molar-refractivity contribution is 0.0940. The second kappa shape index (κ2) is 7.50. The van der Waals surface area contributed by atoms with Crippen LogP contribution in [-0.2, 0) is 25.8 Å². The molecule has 0 aromatic carbocycles. The third-order valence-corrected chi connectivity index (χ3v) is 6.93. The monoisotopic (exact) mass is 468 g/mol. The van der Waals surface area contributed by atoms with Gasteiger partial charge in [0.25, 0.3) is 11.8 Å². The fourth-order valence-electron chi connectivity index (χ4n) is 5.05.